The van der Waals surface area contributed by atoms with Gasteiger partial charge >= 0.3 is 120 Å². The summed E-state index contributed by atoms with van der Waals surface area (Å²) in [5, 5.41) is 0. The summed E-state index contributed by atoms with van der Waals surface area (Å²) in [7, 11) is 0. The van der Waals surface area contributed by atoms with Crippen molar-refractivity contribution in [1.29, 1.82) is 0 Å². The van der Waals surface area contributed by atoms with Crippen LogP contribution >= 0.6 is 0 Å². The molecule has 0 aromatic rings. The molecule has 0 spiro atoms. The maximum atomic E-state index is 4.57. The first-order valence-corrected chi connectivity index (χ1v) is 12.1. The molecule has 3 heteroatoms. The average Bonchev–Trinajstić information content (AvgIpc) is 2.36. The molecule has 0 aromatic heterocycles. The van der Waals surface area contributed by atoms with Crippen LogP contribution in [0.1, 0.15) is 54.4 Å². The zero-order valence-electron chi connectivity index (χ0n) is 13.3. The molecule has 0 atom stereocenters. The second-order valence-electron chi connectivity index (χ2n) is 4.97. The standard InChI is InChI=1S/C11H21N2.2C2H5.Ga/c1-5-7-12-10(3)9-11(4)13-8-6-2;2*1-2;/h9H,5-8H2,1-4H3;2*1H2,2H3;/q-1;;;+1/b10-9-,13-11?;;;. The molecule has 0 aliphatic rings. The molecule has 0 unspecified atom stereocenters. The van der Waals surface area contributed by atoms with Crippen LogP contribution in [0.25, 0.3) is 0 Å². The summed E-state index contributed by atoms with van der Waals surface area (Å²) in [6.45, 7) is 15.8. The number of nitrogens with zero attached hydrogens (tertiary/aromatic N) is 2. The molecule has 0 heterocycles. The van der Waals surface area contributed by atoms with Crippen molar-refractivity contribution >= 4 is 22.2 Å². The molecule has 0 amide bonds. The molecule has 0 N–H and O–H groups in total. The van der Waals surface area contributed by atoms with Crippen molar-refractivity contribution in [2.45, 2.75) is 64.3 Å². The van der Waals surface area contributed by atoms with Crippen LogP contribution in [0.2, 0.25) is 9.95 Å². The molecule has 2 nitrogen and oxygen atoms in total. The number of allylic oxidation sites excluding steroid dienone is 2. The van der Waals surface area contributed by atoms with Crippen molar-refractivity contribution in [2.24, 2.45) is 4.99 Å². The average molecular weight is 309 g/mol. The fourth-order valence-corrected chi connectivity index (χ4v) is 8.07. The van der Waals surface area contributed by atoms with Gasteiger partial charge in [0.2, 0.25) is 0 Å². The number of hydrogen-bond acceptors (Lipinski definition) is 2. The van der Waals surface area contributed by atoms with Gasteiger partial charge in [0.05, 0.1) is 0 Å². The van der Waals surface area contributed by atoms with E-state index in [4.69, 9.17) is 0 Å². The van der Waals surface area contributed by atoms with Crippen molar-refractivity contribution in [2.75, 3.05) is 13.1 Å². The van der Waals surface area contributed by atoms with Gasteiger partial charge in [-0.25, -0.2) is 0 Å². The number of rotatable bonds is 9. The summed E-state index contributed by atoms with van der Waals surface area (Å²) in [6.07, 6.45) is 4.67. The third-order valence-corrected chi connectivity index (χ3v) is 10.5. The van der Waals surface area contributed by atoms with E-state index < -0.39 is 16.5 Å². The van der Waals surface area contributed by atoms with Gasteiger partial charge in [0, 0.05) is 0 Å². The van der Waals surface area contributed by atoms with Gasteiger partial charge in [-0.1, -0.05) is 0 Å². The Labute approximate surface area is 120 Å². The maximum absolute atomic E-state index is 4.57. The summed E-state index contributed by atoms with van der Waals surface area (Å²) in [5.74, 6) is 0. The van der Waals surface area contributed by atoms with Gasteiger partial charge in [0.1, 0.15) is 0 Å². The van der Waals surface area contributed by atoms with Gasteiger partial charge in [0.25, 0.3) is 0 Å². The minimum atomic E-state index is -1.26. The molecule has 0 aliphatic carbocycles. The van der Waals surface area contributed by atoms with Gasteiger partial charge in [-0.15, -0.1) is 0 Å². The monoisotopic (exact) mass is 308 g/mol. The van der Waals surface area contributed by atoms with Crippen molar-refractivity contribution in [3.63, 3.8) is 0 Å². The van der Waals surface area contributed by atoms with Crippen LogP contribution in [-0.4, -0.2) is 38.9 Å². The fraction of sp³-hybridized carbons (Fsp3) is 0.800. The number of hydrogen-bond donors (Lipinski definition) is 0. The molecular weight excluding hydrogens is 278 g/mol. The molecule has 18 heavy (non-hydrogen) atoms. The van der Waals surface area contributed by atoms with E-state index in [1.165, 1.54) is 34.3 Å². The predicted molar refractivity (Wildman–Crippen MR) is 85.7 cm³/mol. The van der Waals surface area contributed by atoms with Gasteiger partial charge < -0.3 is 0 Å². The molecule has 0 saturated heterocycles. The van der Waals surface area contributed by atoms with Crippen molar-refractivity contribution < 1.29 is 0 Å². The van der Waals surface area contributed by atoms with Crippen LogP contribution in [0.15, 0.2) is 16.8 Å². The second-order valence-corrected chi connectivity index (χ2v) is 12.5. The van der Waals surface area contributed by atoms with Crippen molar-refractivity contribution in [3.05, 3.63) is 11.8 Å². The molecule has 0 bridgehead atoms. The fourth-order valence-electron chi connectivity index (χ4n) is 2.34. The molecular formula is C15H31GaN2. The third-order valence-electron chi connectivity index (χ3n) is 3.30. The summed E-state index contributed by atoms with van der Waals surface area (Å²) in [4.78, 5) is 7.38. The molecule has 0 aromatic carbocycles. The first kappa shape index (κ1) is 17.8. The Morgan fingerprint density at radius 1 is 1.06 bits per heavy atom. The zero-order valence-corrected chi connectivity index (χ0v) is 15.7. The molecule has 0 rings (SSSR count). The van der Waals surface area contributed by atoms with Crippen LogP contribution < -0.4 is 0 Å². The predicted octanol–water partition coefficient (Wildman–Crippen LogP) is 4.50. The Bertz CT molecular complexity index is 268. The van der Waals surface area contributed by atoms with E-state index in [0.717, 1.165) is 13.0 Å². The van der Waals surface area contributed by atoms with E-state index in [0.29, 0.717) is 0 Å². The summed E-state index contributed by atoms with van der Waals surface area (Å²) in [6, 6.07) is 0. The van der Waals surface area contributed by atoms with E-state index in [2.05, 4.69) is 56.2 Å². The van der Waals surface area contributed by atoms with E-state index >= 15 is 0 Å². The van der Waals surface area contributed by atoms with Crippen molar-refractivity contribution in [3.8, 4) is 0 Å². The summed E-state index contributed by atoms with van der Waals surface area (Å²) in [5.41, 5.74) is 2.63. The topological polar surface area (TPSA) is 15.6 Å². The summed E-state index contributed by atoms with van der Waals surface area (Å²) >= 11 is -1.26. The van der Waals surface area contributed by atoms with Crippen LogP contribution in [0.4, 0.5) is 0 Å². The van der Waals surface area contributed by atoms with E-state index in [-0.39, 0.29) is 0 Å². The minimum absolute atomic E-state index is 0.954. The SMILES string of the molecule is CCCN=C(C)/C=C(/C)[N](CCC)[Ga]([CH2]C)[CH2]C. The quantitative estimate of drug-likeness (QED) is 0.452. The normalized spacial score (nSPS) is 12.8. The number of aliphatic imine (C=N–C) groups is 1. The first-order valence-electron chi connectivity index (χ1n) is 7.56. The zero-order chi connectivity index (χ0) is 14.0. The van der Waals surface area contributed by atoms with Crippen molar-refractivity contribution in [1.82, 2.24) is 3.61 Å². The molecule has 0 aliphatic heterocycles. The Kier molecular flexibility index (Phi) is 10.6. The third kappa shape index (κ3) is 6.69. The Morgan fingerprint density at radius 3 is 2.11 bits per heavy atom. The molecule has 0 saturated carbocycles. The Balaban J connectivity index is 4.83. The summed E-state index contributed by atoms with van der Waals surface area (Å²) < 4.78 is 2.73. The van der Waals surface area contributed by atoms with Gasteiger partial charge in [0.15, 0.2) is 0 Å². The molecule has 104 valence electrons. The van der Waals surface area contributed by atoms with Gasteiger partial charge in [-0.2, -0.15) is 0 Å². The van der Waals surface area contributed by atoms with E-state index in [1.54, 1.807) is 0 Å². The van der Waals surface area contributed by atoms with Gasteiger partial charge in [-0.05, 0) is 0 Å². The molecule has 0 fully saturated rings. The van der Waals surface area contributed by atoms with Crippen LogP contribution in [0.3, 0.4) is 0 Å². The van der Waals surface area contributed by atoms with Gasteiger partial charge in [-0.3, -0.25) is 0 Å². The van der Waals surface area contributed by atoms with Crippen LogP contribution in [0, 0.1) is 0 Å². The van der Waals surface area contributed by atoms with E-state index in [1.807, 2.05) is 0 Å². The van der Waals surface area contributed by atoms with E-state index in [9.17, 15) is 0 Å². The van der Waals surface area contributed by atoms with Crippen LogP contribution in [0.5, 0.6) is 0 Å². The molecule has 0 radical (unpaired) electrons. The first-order chi connectivity index (χ1) is 8.60. The Hall–Kier alpha value is -0.154. The second kappa shape index (κ2) is 10.7. The Morgan fingerprint density at radius 2 is 1.67 bits per heavy atom. The van der Waals surface area contributed by atoms with Crippen LogP contribution in [-0.2, 0) is 0 Å².